The van der Waals surface area contributed by atoms with Crippen molar-refractivity contribution in [2.45, 2.75) is 0 Å². The molecule has 1 aromatic carbocycles. The molecule has 90 valence electrons. The molecule has 0 unspecified atom stereocenters. The predicted octanol–water partition coefficient (Wildman–Crippen LogP) is 2.01. The third kappa shape index (κ3) is 3.56. The average molecular weight is 300 g/mol. The summed E-state index contributed by atoms with van der Waals surface area (Å²) in [6.07, 6.45) is 0. The van der Waals surface area contributed by atoms with Crippen LogP contribution < -0.4 is 11.1 Å². The van der Waals surface area contributed by atoms with Gasteiger partial charge in [0.1, 0.15) is 5.69 Å². The van der Waals surface area contributed by atoms with Crippen molar-refractivity contribution in [2.24, 2.45) is 5.73 Å². The van der Waals surface area contributed by atoms with E-state index in [-0.39, 0.29) is 16.9 Å². The lowest BCUT2D eigenvalue weighted by Crippen LogP contribution is -2.12. The molecule has 0 radical (unpaired) electrons. The molecule has 0 aliphatic heterocycles. The fourth-order valence-corrected chi connectivity index (χ4v) is 1.32. The van der Waals surface area contributed by atoms with Crippen molar-refractivity contribution in [1.29, 1.82) is 0 Å². The maximum atomic E-state index is 11.0. The number of nitrogens with zero attached hydrogens (tertiary/aromatic N) is 1. The minimum absolute atomic E-state index is 0.122. The summed E-state index contributed by atoms with van der Waals surface area (Å²) in [4.78, 5) is 21.2. The summed E-state index contributed by atoms with van der Waals surface area (Å²) >= 11 is 3.12. The number of carbonyl (C=O) groups is 1. The van der Waals surface area contributed by atoms with Crippen LogP contribution in [0.2, 0.25) is 0 Å². The number of nitrogens with one attached hydrogen (secondary N) is 1. The van der Waals surface area contributed by atoms with E-state index in [1.165, 1.54) is 18.2 Å². The van der Waals surface area contributed by atoms with E-state index < -0.39 is 10.8 Å². The Bertz CT molecular complexity index is 488. The van der Waals surface area contributed by atoms with E-state index >= 15 is 0 Å². The highest BCUT2D eigenvalue weighted by Crippen LogP contribution is 2.25. The van der Waals surface area contributed by atoms with Gasteiger partial charge in [-0.2, -0.15) is 0 Å². The van der Waals surface area contributed by atoms with Gasteiger partial charge in [0.2, 0.25) is 5.91 Å². The van der Waals surface area contributed by atoms with Crippen LogP contribution in [0.15, 0.2) is 29.3 Å². The second kappa shape index (κ2) is 5.44. The summed E-state index contributed by atoms with van der Waals surface area (Å²) in [5.74, 6) is -0.638. The van der Waals surface area contributed by atoms with Crippen LogP contribution in [0, 0.1) is 10.1 Å². The summed E-state index contributed by atoms with van der Waals surface area (Å²) < 4.78 is 0.635. The first-order chi connectivity index (χ1) is 7.91. The van der Waals surface area contributed by atoms with Gasteiger partial charge in [-0.05, 0) is 12.1 Å². The zero-order valence-corrected chi connectivity index (χ0v) is 10.4. The van der Waals surface area contributed by atoms with Gasteiger partial charge < -0.3 is 11.1 Å². The van der Waals surface area contributed by atoms with Crippen molar-refractivity contribution in [1.82, 2.24) is 0 Å². The number of amides is 1. The number of halogens is 1. The van der Waals surface area contributed by atoms with Gasteiger partial charge in [0.25, 0.3) is 5.69 Å². The number of hydrogen-bond donors (Lipinski definition) is 2. The Morgan fingerprint density at radius 3 is 2.71 bits per heavy atom. The molecule has 0 aliphatic rings. The third-order valence-corrected chi connectivity index (χ3v) is 2.23. The molecular formula is C10H10BrN3O3. The summed E-state index contributed by atoms with van der Waals surface area (Å²) in [5.41, 5.74) is 5.42. The highest BCUT2D eigenvalue weighted by molar-refractivity contribution is 9.11. The van der Waals surface area contributed by atoms with Crippen LogP contribution in [0.4, 0.5) is 11.4 Å². The normalized spacial score (nSPS) is 9.71. The number of nitro benzene ring substituents is 1. The quantitative estimate of drug-likeness (QED) is 0.642. The predicted molar refractivity (Wildman–Crippen MR) is 68.2 cm³/mol. The summed E-state index contributed by atoms with van der Waals surface area (Å²) in [7, 11) is 0. The number of hydrogen-bond acceptors (Lipinski definition) is 4. The molecule has 1 aromatic rings. The first-order valence-electron chi connectivity index (χ1n) is 4.57. The van der Waals surface area contributed by atoms with Gasteiger partial charge in [0.15, 0.2) is 0 Å². The zero-order chi connectivity index (χ0) is 13.0. The van der Waals surface area contributed by atoms with Crippen LogP contribution in [0.3, 0.4) is 0 Å². The standard InChI is InChI=1S/C10H10BrN3O3/c1-6(11)5-13-8-4-7(10(12)15)2-3-9(8)14(16)17/h2-4,13H,1,5H2,(H2,12,15). The summed E-state index contributed by atoms with van der Waals surface area (Å²) in [6, 6.07) is 3.89. The number of anilines is 1. The van der Waals surface area contributed by atoms with E-state index in [4.69, 9.17) is 5.73 Å². The van der Waals surface area contributed by atoms with Crippen LogP contribution in [0.25, 0.3) is 0 Å². The Hall–Kier alpha value is -1.89. The van der Waals surface area contributed by atoms with Crippen molar-refractivity contribution in [3.63, 3.8) is 0 Å². The van der Waals surface area contributed by atoms with E-state index in [1.807, 2.05) is 0 Å². The Morgan fingerprint density at radius 1 is 1.59 bits per heavy atom. The molecule has 7 heteroatoms. The molecule has 0 aromatic heterocycles. The van der Waals surface area contributed by atoms with Crippen molar-refractivity contribution in [2.75, 3.05) is 11.9 Å². The summed E-state index contributed by atoms with van der Waals surface area (Å²) in [5, 5.41) is 13.6. The largest absolute Gasteiger partial charge is 0.375 e. The number of benzene rings is 1. The van der Waals surface area contributed by atoms with Gasteiger partial charge in [0.05, 0.1) is 4.92 Å². The van der Waals surface area contributed by atoms with E-state index in [1.54, 1.807) is 0 Å². The molecule has 0 atom stereocenters. The molecule has 0 aliphatic carbocycles. The molecule has 0 bridgehead atoms. The molecule has 0 saturated heterocycles. The van der Waals surface area contributed by atoms with E-state index in [2.05, 4.69) is 27.8 Å². The smallest absolute Gasteiger partial charge is 0.292 e. The lowest BCUT2D eigenvalue weighted by atomic mass is 10.1. The molecule has 17 heavy (non-hydrogen) atoms. The second-order valence-electron chi connectivity index (χ2n) is 3.22. The Labute approximate surface area is 106 Å². The fourth-order valence-electron chi connectivity index (χ4n) is 1.18. The topological polar surface area (TPSA) is 98.3 Å². The third-order valence-electron chi connectivity index (χ3n) is 1.95. The lowest BCUT2D eigenvalue weighted by Gasteiger charge is -2.07. The minimum Gasteiger partial charge on any atom is -0.375 e. The molecule has 0 saturated carbocycles. The van der Waals surface area contributed by atoms with Crippen molar-refractivity contribution in [3.05, 3.63) is 44.9 Å². The highest BCUT2D eigenvalue weighted by atomic mass is 79.9. The van der Waals surface area contributed by atoms with Gasteiger partial charge in [-0.3, -0.25) is 14.9 Å². The van der Waals surface area contributed by atoms with Gasteiger partial charge in [-0.25, -0.2) is 0 Å². The van der Waals surface area contributed by atoms with Crippen LogP contribution in [0.5, 0.6) is 0 Å². The van der Waals surface area contributed by atoms with Gasteiger partial charge >= 0.3 is 0 Å². The van der Waals surface area contributed by atoms with Crippen LogP contribution in [-0.2, 0) is 0 Å². The molecule has 3 N–H and O–H groups in total. The number of carbonyl (C=O) groups excluding carboxylic acids is 1. The highest BCUT2D eigenvalue weighted by Gasteiger charge is 2.15. The van der Waals surface area contributed by atoms with Gasteiger partial charge in [-0.15, -0.1) is 0 Å². The molecule has 0 spiro atoms. The van der Waals surface area contributed by atoms with E-state index in [9.17, 15) is 14.9 Å². The number of rotatable bonds is 5. The van der Waals surface area contributed by atoms with Gasteiger partial charge in [-0.1, -0.05) is 22.5 Å². The Kier molecular flexibility index (Phi) is 4.22. The number of nitro groups is 1. The summed E-state index contributed by atoms with van der Waals surface area (Å²) in [6.45, 7) is 3.90. The number of primary amides is 1. The monoisotopic (exact) mass is 299 g/mol. The second-order valence-corrected chi connectivity index (χ2v) is 4.35. The maximum Gasteiger partial charge on any atom is 0.292 e. The van der Waals surface area contributed by atoms with Crippen LogP contribution >= 0.6 is 15.9 Å². The fraction of sp³-hybridized carbons (Fsp3) is 0.100. The molecule has 0 heterocycles. The molecule has 6 nitrogen and oxygen atoms in total. The number of nitrogens with two attached hydrogens (primary N) is 1. The van der Waals surface area contributed by atoms with E-state index in [0.29, 0.717) is 11.0 Å². The first-order valence-corrected chi connectivity index (χ1v) is 5.36. The van der Waals surface area contributed by atoms with Crippen LogP contribution in [-0.4, -0.2) is 17.4 Å². The molecule has 1 rings (SSSR count). The van der Waals surface area contributed by atoms with Crippen molar-refractivity contribution >= 4 is 33.2 Å². The average Bonchev–Trinajstić information content (AvgIpc) is 2.25. The molecule has 1 amide bonds. The SMILES string of the molecule is C=C(Br)CNc1cc(C(N)=O)ccc1[N+](=O)[O-]. The zero-order valence-electron chi connectivity index (χ0n) is 8.77. The minimum atomic E-state index is -0.638. The molecular weight excluding hydrogens is 290 g/mol. The van der Waals surface area contributed by atoms with Crippen LogP contribution in [0.1, 0.15) is 10.4 Å². The first kappa shape index (κ1) is 13.2. The van der Waals surface area contributed by atoms with Gasteiger partial charge in [0, 0.05) is 22.7 Å². The van der Waals surface area contributed by atoms with Crippen molar-refractivity contribution in [3.8, 4) is 0 Å². The Morgan fingerprint density at radius 2 is 2.24 bits per heavy atom. The lowest BCUT2D eigenvalue weighted by molar-refractivity contribution is -0.384. The van der Waals surface area contributed by atoms with E-state index in [0.717, 1.165) is 0 Å². The molecule has 0 fully saturated rings. The Balaban J connectivity index is 3.11. The maximum absolute atomic E-state index is 11.0. The van der Waals surface area contributed by atoms with Crippen molar-refractivity contribution < 1.29 is 9.72 Å².